The van der Waals surface area contributed by atoms with Gasteiger partial charge in [0.1, 0.15) is 12.6 Å². The predicted octanol–water partition coefficient (Wildman–Crippen LogP) is 5.26. The number of likely N-dealkylation sites (tertiary alicyclic amines) is 1. The molecular weight excluding hydrogens is 697 g/mol. The first kappa shape index (κ1) is 36.0. The molecule has 2 saturated heterocycles. The number of aliphatic hydroxyl groups is 1. The van der Waals surface area contributed by atoms with Crippen LogP contribution in [0.4, 0.5) is 4.79 Å². The van der Waals surface area contributed by atoms with E-state index in [1.165, 1.54) is 16.7 Å². The standard InChI is InChI=1S/C39H38N6O7S/c1-44-38(41-42-43-44)53-24-31-19-34(28-13-11-25(22-46)12-14-28)52-37(51-31)29-17-15-27(16-18-29)32-10-6-5-9-30(32)21-45-35(47)20-33(36(45)48)40-39(49)50-23-26-7-3-2-4-8-26/h2-18,31,33-34,37,46H,19-24H2,1H3,(H,40,49). The van der Waals surface area contributed by atoms with Crippen LogP contribution in [0.5, 0.6) is 0 Å². The lowest BCUT2D eigenvalue weighted by Gasteiger charge is -2.36. The largest absolute Gasteiger partial charge is 0.445 e. The van der Waals surface area contributed by atoms with E-state index in [1.807, 2.05) is 103 Å². The molecule has 2 aliphatic heterocycles. The minimum atomic E-state index is -0.997. The fourth-order valence-electron chi connectivity index (χ4n) is 6.33. The Hall–Kier alpha value is -5.41. The van der Waals surface area contributed by atoms with Gasteiger partial charge >= 0.3 is 6.09 Å². The lowest BCUT2D eigenvalue weighted by Crippen LogP contribution is -2.41. The van der Waals surface area contributed by atoms with Crippen LogP contribution >= 0.6 is 11.8 Å². The van der Waals surface area contributed by atoms with E-state index in [1.54, 1.807) is 11.7 Å². The third-order valence-corrected chi connectivity index (χ3v) is 10.3. The number of alkyl carbamates (subject to hydrolysis) is 1. The van der Waals surface area contributed by atoms with E-state index >= 15 is 0 Å². The number of hydrogen-bond donors (Lipinski definition) is 2. The molecule has 7 rings (SSSR count). The summed E-state index contributed by atoms with van der Waals surface area (Å²) in [6.45, 7) is 0.0722. The molecule has 5 aromatic rings. The number of tetrazole rings is 1. The summed E-state index contributed by atoms with van der Waals surface area (Å²) >= 11 is 1.51. The van der Waals surface area contributed by atoms with Gasteiger partial charge in [0, 0.05) is 24.8 Å². The van der Waals surface area contributed by atoms with Crippen molar-refractivity contribution in [1.29, 1.82) is 0 Å². The Morgan fingerprint density at radius 3 is 2.40 bits per heavy atom. The van der Waals surface area contributed by atoms with Crippen molar-refractivity contribution < 1.29 is 33.7 Å². The Bertz CT molecular complexity index is 2040. The molecule has 0 bridgehead atoms. The van der Waals surface area contributed by atoms with Gasteiger partial charge in [-0.05, 0) is 43.8 Å². The van der Waals surface area contributed by atoms with E-state index in [4.69, 9.17) is 14.2 Å². The summed E-state index contributed by atoms with van der Waals surface area (Å²) < 4.78 is 19.9. The Balaban J connectivity index is 1.03. The summed E-state index contributed by atoms with van der Waals surface area (Å²) in [5, 5.41) is 24.5. The van der Waals surface area contributed by atoms with Crippen molar-refractivity contribution in [3.8, 4) is 11.1 Å². The van der Waals surface area contributed by atoms with Crippen LogP contribution in [0.15, 0.2) is 108 Å². The van der Waals surface area contributed by atoms with Gasteiger partial charge in [-0.15, -0.1) is 5.10 Å². The van der Waals surface area contributed by atoms with Crippen LogP contribution in [-0.4, -0.2) is 66.0 Å². The van der Waals surface area contributed by atoms with Crippen molar-refractivity contribution in [2.24, 2.45) is 7.05 Å². The SMILES string of the molecule is Cn1nnnc1SCC1CC(c2ccc(CO)cc2)OC(c2ccc(-c3ccccc3CN3C(=O)CC(NC(=O)OCc4ccccc4)C3=O)cc2)O1. The maximum absolute atomic E-state index is 13.3. The highest BCUT2D eigenvalue weighted by molar-refractivity contribution is 7.99. The molecule has 272 valence electrons. The Morgan fingerprint density at radius 2 is 1.66 bits per heavy atom. The first-order valence-corrected chi connectivity index (χ1v) is 18.2. The molecular formula is C39H38N6O7S. The lowest BCUT2D eigenvalue weighted by atomic mass is 9.97. The normalized spacial score (nSPS) is 20.1. The number of carbonyl (C=O) groups excluding carboxylic acids is 3. The zero-order valence-corrected chi connectivity index (χ0v) is 29.7. The van der Waals surface area contributed by atoms with Crippen LogP contribution in [0.1, 0.15) is 53.1 Å². The second-order valence-corrected chi connectivity index (χ2v) is 13.8. The third-order valence-electron chi connectivity index (χ3n) is 9.18. The molecule has 0 aliphatic carbocycles. The second kappa shape index (κ2) is 16.5. The molecule has 0 spiro atoms. The van der Waals surface area contributed by atoms with Crippen molar-refractivity contribution in [1.82, 2.24) is 30.4 Å². The van der Waals surface area contributed by atoms with Gasteiger partial charge in [-0.25, -0.2) is 9.48 Å². The first-order valence-electron chi connectivity index (χ1n) is 17.2. The molecule has 13 nitrogen and oxygen atoms in total. The molecule has 2 N–H and O–H groups in total. The number of nitrogens with one attached hydrogen (secondary N) is 1. The number of aryl methyl sites for hydroxylation is 1. The smallest absolute Gasteiger partial charge is 0.408 e. The van der Waals surface area contributed by atoms with Crippen LogP contribution in [0.3, 0.4) is 0 Å². The summed E-state index contributed by atoms with van der Waals surface area (Å²) in [5.74, 6) is -0.236. The molecule has 4 atom stereocenters. The molecule has 4 aromatic carbocycles. The minimum Gasteiger partial charge on any atom is -0.445 e. The number of nitrogens with zero attached hydrogens (tertiary/aromatic N) is 5. The number of aromatic nitrogens is 4. The molecule has 3 heterocycles. The predicted molar refractivity (Wildman–Crippen MR) is 194 cm³/mol. The number of thioether (sulfide) groups is 1. The van der Waals surface area contributed by atoms with Gasteiger partial charge in [-0.3, -0.25) is 14.5 Å². The summed E-state index contributed by atoms with van der Waals surface area (Å²) in [6.07, 6.45) is -1.34. The second-order valence-electron chi connectivity index (χ2n) is 12.8. The number of imide groups is 1. The lowest BCUT2D eigenvalue weighted by molar-refractivity contribution is -0.245. The topological polar surface area (TPSA) is 158 Å². The highest BCUT2D eigenvalue weighted by Crippen LogP contribution is 2.40. The van der Waals surface area contributed by atoms with E-state index in [2.05, 4.69) is 20.8 Å². The van der Waals surface area contributed by atoms with E-state index in [-0.39, 0.29) is 44.3 Å². The maximum atomic E-state index is 13.3. The summed E-state index contributed by atoms with van der Waals surface area (Å²) in [7, 11) is 1.79. The maximum Gasteiger partial charge on any atom is 0.408 e. The van der Waals surface area contributed by atoms with E-state index in [0.29, 0.717) is 17.3 Å². The molecule has 0 radical (unpaired) electrons. The van der Waals surface area contributed by atoms with Crippen LogP contribution in [0.25, 0.3) is 11.1 Å². The number of carbonyl (C=O) groups is 3. The fourth-order valence-corrected chi connectivity index (χ4v) is 7.20. The van der Waals surface area contributed by atoms with Gasteiger partial charge in [0.25, 0.3) is 5.91 Å². The molecule has 1 aromatic heterocycles. The molecule has 53 heavy (non-hydrogen) atoms. The van der Waals surface area contributed by atoms with Gasteiger partial charge in [0.05, 0.1) is 31.8 Å². The summed E-state index contributed by atoms with van der Waals surface area (Å²) in [6, 6.07) is 31.4. The molecule has 4 unspecified atom stereocenters. The van der Waals surface area contributed by atoms with Gasteiger partial charge in [0.15, 0.2) is 6.29 Å². The van der Waals surface area contributed by atoms with Crippen molar-refractivity contribution in [2.75, 3.05) is 5.75 Å². The quantitative estimate of drug-likeness (QED) is 0.127. The fraction of sp³-hybridized carbons (Fsp3) is 0.282. The van der Waals surface area contributed by atoms with E-state index < -0.39 is 24.3 Å². The van der Waals surface area contributed by atoms with Crippen LogP contribution in [0.2, 0.25) is 0 Å². The molecule has 3 amide bonds. The molecule has 2 aliphatic rings. The zero-order valence-electron chi connectivity index (χ0n) is 28.9. The number of hydrogen-bond acceptors (Lipinski definition) is 11. The van der Waals surface area contributed by atoms with Crippen molar-refractivity contribution in [2.45, 2.75) is 62.3 Å². The van der Waals surface area contributed by atoms with Crippen molar-refractivity contribution in [3.05, 3.63) is 131 Å². The zero-order chi connectivity index (χ0) is 36.7. The van der Waals surface area contributed by atoms with Crippen LogP contribution in [-0.2, 0) is 50.6 Å². The van der Waals surface area contributed by atoms with E-state index in [9.17, 15) is 19.5 Å². The monoisotopic (exact) mass is 734 g/mol. The van der Waals surface area contributed by atoms with Gasteiger partial charge in [0.2, 0.25) is 11.1 Å². The average Bonchev–Trinajstić information content (AvgIpc) is 3.73. The third kappa shape index (κ3) is 8.63. The summed E-state index contributed by atoms with van der Waals surface area (Å²) in [5.41, 5.74) is 5.98. The highest BCUT2D eigenvalue weighted by atomic mass is 32.2. The number of rotatable bonds is 12. The van der Waals surface area contributed by atoms with Crippen molar-refractivity contribution in [3.63, 3.8) is 0 Å². The molecule has 14 heteroatoms. The van der Waals surface area contributed by atoms with Crippen LogP contribution < -0.4 is 5.32 Å². The molecule has 0 saturated carbocycles. The average molecular weight is 735 g/mol. The summed E-state index contributed by atoms with van der Waals surface area (Å²) in [4.78, 5) is 39.9. The van der Waals surface area contributed by atoms with Gasteiger partial charge in [-0.1, -0.05) is 115 Å². The number of aliphatic hydroxyl groups excluding tert-OH is 1. The van der Waals surface area contributed by atoms with Crippen molar-refractivity contribution >= 4 is 29.7 Å². The van der Waals surface area contributed by atoms with Gasteiger partial charge in [-0.2, -0.15) is 0 Å². The Kier molecular flexibility index (Phi) is 11.2. The Labute approximate surface area is 310 Å². The molecule has 2 fully saturated rings. The van der Waals surface area contributed by atoms with E-state index in [0.717, 1.165) is 38.9 Å². The van der Waals surface area contributed by atoms with Gasteiger partial charge < -0.3 is 24.6 Å². The number of benzene rings is 4. The minimum absolute atomic E-state index is 0.0353. The number of ether oxygens (including phenoxy) is 3. The number of amides is 3. The first-order chi connectivity index (χ1) is 25.8. The highest BCUT2D eigenvalue weighted by Gasteiger charge is 2.40. The van der Waals surface area contributed by atoms with Crippen LogP contribution in [0, 0.1) is 0 Å². The Morgan fingerprint density at radius 1 is 0.925 bits per heavy atom.